The summed E-state index contributed by atoms with van der Waals surface area (Å²) in [5.74, 6) is -0.325. The number of hydrogen-bond acceptors (Lipinski definition) is 4. The third kappa shape index (κ3) is 3.23. The number of carbonyl (C=O) groups is 1. The molecule has 4 nitrogen and oxygen atoms in total. The van der Waals surface area contributed by atoms with Crippen LogP contribution in [-0.4, -0.2) is 18.1 Å². The van der Waals surface area contributed by atoms with E-state index < -0.39 is 11.6 Å². The third-order valence-electron chi connectivity index (χ3n) is 3.22. The number of carbonyl (C=O) groups excluding carboxylic acids is 1. The van der Waals surface area contributed by atoms with Gasteiger partial charge in [-0.05, 0) is 24.5 Å². The summed E-state index contributed by atoms with van der Waals surface area (Å²) in [5, 5.41) is 0. The number of alkyl halides is 1. The second kappa shape index (κ2) is 5.13. The van der Waals surface area contributed by atoms with Crippen LogP contribution in [0.25, 0.3) is 11.1 Å². The minimum absolute atomic E-state index is 0.0460. The molecule has 114 valence electrons. The molecule has 0 saturated heterocycles. The normalized spacial score (nSPS) is 15.0. The van der Waals surface area contributed by atoms with Gasteiger partial charge in [0.05, 0.1) is 7.11 Å². The molecular weight excluding hydrogens is 273 g/mol. The average molecular weight is 293 g/mol. The molecule has 2 rings (SSSR count). The molecule has 0 spiro atoms. The third-order valence-corrected chi connectivity index (χ3v) is 3.22. The fourth-order valence-corrected chi connectivity index (χ4v) is 2.11. The van der Waals surface area contributed by atoms with Crippen molar-refractivity contribution in [3.63, 3.8) is 0 Å². The Morgan fingerprint density at radius 2 is 2.00 bits per heavy atom. The van der Waals surface area contributed by atoms with E-state index in [4.69, 9.17) is 4.42 Å². The highest BCUT2D eigenvalue weighted by Gasteiger charge is 2.36. The monoisotopic (exact) mass is 293 g/mol. The molecule has 0 saturated carbocycles. The van der Waals surface area contributed by atoms with Gasteiger partial charge in [0.1, 0.15) is 5.52 Å². The zero-order valence-electron chi connectivity index (χ0n) is 13.0. The first-order chi connectivity index (χ1) is 9.63. The van der Waals surface area contributed by atoms with Crippen LogP contribution >= 0.6 is 0 Å². The van der Waals surface area contributed by atoms with Crippen molar-refractivity contribution in [1.29, 1.82) is 0 Å². The molecule has 21 heavy (non-hydrogen) atoms. The van der Waals surface area contributed by atoms with Crippen molar-refractivity contribution in [2.45, 2.75) is 39.8 Å². The van der Waals surface area contributed by atoms with Crippen molar-refractivity contribution >= 4 is 17.1 Å². The molecule has 1 unspecified atom stereocenters. The van der Waals surface area contributed by atoms with Gasteiger partial charge in [0.15, 0.2) is 11.5 Å². The lowest BCUT2D eigenvalue weighted by atomic mass is 9.92. The summed E-state index contributed by atoms with van der Waals surface area (Å²) >= 11 is 0. The van der Waals surface area contributed by atoms with Gasteiger partial charge in [-0.3, -0.25) is 0 Å². The summed E-state index contributed by atoms with van der Waals surface area (Å²) in [6.45, 7) is 7.44. The topological polar surface area (TPSA) is 52.3 Å². The quantitative estimate of drug-likeness (QED) is 0.808. The van der Waals surface area contributed by atoms with E-state index in [1.54, 1.807) is 6.07 Å². The largest absolute Gasteiger partial charge is 0.466 e. The number of ether oxygens (including phenoxy) is 1. The zero-order valence-corrected chi connectivity index (χ0v) is 13.0. The highest BCUT2D eigenvalue weighted by molar-refractivity contribution is 5.83. The highest BCUT2D eigenvalue weighted by Crippen LogP contribution is 2.30. The number of oxazole rings is 1. The van der Waals surface area contributed by atoms with Crippen LogP contribution in [0.1, 0.15) is 39.1 Å². The van der Waals surface area contributed by atoms with Crippen LogP contribution in [0.15, 0.2) is 22.6 Å². The Balaban J connectivity index is 2.40. The van der Waals surface area contributed by atoms with Gasteiger partial charge in [-0.25, -0.2) is 14.2 Å². The maximum absolute atomic E-state index is 14.5. The Morgan fingerprint density at radius 1 is 1.33 bits per heavy atom. The van der Waals surface area contributed by atoms with Crippen molar-refractivity contribution in [2.75, 3.05) is 7.11 Å². The smallest absolute Gasteiger partial charge is 0.348 e. The van der Waals surface area contributed by atoms with E-state index in [9.17, 15) is 9.18 Å². The number of aromatic nitrogens is 1. The molecule has 5 heteroatoms. The van der Waals surface area contributed by atoms with E-state index in [0.717, 1.165) is 7.11 Å². The SMILES string of the molecule is COC(=O)C(C)(F)c1ccc2oc(CC(C)(C)C)nc2c1. The van der Waals surface area contributed by atoms with Gasteiger partial charge in [-0.1, -0.05) is 26.8 Å². The van der Waals surface area contributed by atoms with E-state index >= 15 is 0 Å². The van der Waals surface area contributed by atoms with Gasteiger partial charge in [-0.15, -0.1) is 0 Å². The van der Waals surface area contributed by atoms with Gasteiger partial charge in [-0.2, -0.15) is 0 Å². The summed E-state index contributed by atoms with van der Waals surface area (Å²) in [6.07, 6.45) is 0.681. The lowest BCUT2D eigenvalue weighted by Gasteiger charge is -2.17. The Morgan fingerprint density at radius 3 is 2.57 bits per heavy atom. The fraction of sp³-hybridized carbons (Fsp3) is 0.500. The minimum atomic E-state index is -2.20. The Kier molecular flexibility index (Phi) is 3.78. The number of fused-ring (bicyclic) bond motifs is 1. The summed E-state index contributed by atoms with van der Waals surface area (Å²) < 4.78 is 24.6. The molecule has 0 fully saturated rings. The van der Waals surface area contributed by atoms with Crippen LogP contribution in [0.2, 0.25) is 0 Å². The molecule has 0 aliphatic rings. The number of methoxy groups -OCH3 is 1. The van der Waals surface area contributed by atoms with Gasteiger partial charge in [0.2, 0.25) is 5.67 Å². The van der Waals surface area contributed by atoms with Crippen LogP contribution in [-0.2, 0) is 21.6 Å². The minimum Gasteiger partial charge on any atom is -0.466 e. The van der Waals surface area contributed by atoms with Crippen molar-refractivity contribution < 1.29 is 18.3 Å². The highest BCUT2D eigenvalue weighted by atomic mass is 19.1. The van der Waals surface area contributed by atoms with Gasteiger partial charge >= 0.3 is 5.97 Å². The first-order valence-electron chi connectivity index (χ1n) is 6.81. The maximum Gasteiger partial charge on any atom is 0.348 e. The molecule has 0 bridgehead atoms. The molecule has 0 radical (unpaired) electrons. The molecule has 1 atom stereocenters. The lowest BCUT2D eigenvalue weighted by Crippen LogP contribution is -2.28. The zero-order chi connectivity index (χ0) is 15.8. The molecule has 2 aromatic rings. The van der Waals surface area contributed by atoms with Crippen LogP contribution in [0.4, 0.5) is 4.39 Å². The van der Waals surface area contributed by atoms with E-state index in [2.05, 4.69) is 30.5 Å². The number of hydrogen-bond donors (Lipinski definition) is 0. The average Bonchev–Trinajstić information content (AvgIpc) is 2.75. The summed E-state index contributed by atoms with van der Waals surface area (Å²) in [5.41, 5.74) is -0.827. The lowest BCUT2D eigenvalue weighted by molar-refractivity contribution is -0.154. The molecule has 0 N–H and O–H groups in total. The Labute approximate surface area is 123 Å². The number of nitrogens with zero attached hydrogens (tertiary/aromatic N) is 1. The van der Waals surface area contributed by atoms with E-state index in [1.165, 1.54) is 19.1 Å². The molecule has 0 amide bonds. The summed E-state index contributed by atoms with van der Waals surface area (Å²) in [7, 11) is 1.16. The van der Waals surface area contributed by atoms with Crippen molar-refractivity contribution in [1.82, 2.24) is 4.98 Å². The summed E-state index contributed by atoms with van der Waals surface area (Å²) in [4.78, 5) is 15.9. The molecule has 0 aliphatic carbocycles. The predicted molar refractivity (Wildman–Crippen MR) is 77.6 cm³/mol. The van der Waals surface area contributed by atoms with E-state index in [-0.39, 0.29) is 11.0 Å². The van der Waals surface area contributed by atoms with Crippen LogP contribution in [0.3, 0.4) is 0 Å². The van der Waals surface area contributed by atoms with Gasteiger partial charge in [0, 0.05) is 12.0 Å². The van der Waals surface area contributed by atoms with E-state index in [0.29, 0.717) is 23.4 Å². The second-order valence-electron chi connectivity index (χ2n) is 6.52. The van der Waals surface area contributed by atoms with Crippen molar-refractivity contribution in [3.8, 4) is 0 Å². The number of rotatable bonds is 3. The molecule has 1 aromatic heterocycles. The van der Waals surface area contributed by atoms with Crippen molar-refractivity contribution in [2.24, 2.45) is 5.41 Å². The van der Waals surface area contributed by atoms with E-state index in [1.807, 2.05) is 0 Å². The second-order valence-corrected chi connectivity index (χ2v) is 6.52. The Bertz CT molecular complexity index is 668. The fourth-order valence-electron chi connectivity index (χ4n) is 2.11. The van der Waals surface area contributed by atoms with Crippen LogP contribution < -0.4 is 0 Å². The van der Waals surface area contributed by atoms with Crippen molar-refractivity contribution in [3.05, 3.63) is 29.7 Å². The van der Waals surface area contributed by atoms with Gasteiger partial charge in [0.25, 0.3) is 0 Å². The molecule has 1 aromatic carbocycles. The first kappa shape index (κ1) is 15.5. The maximum atomic E-state index is 14.5. The van der Waals surface area contributed by atoms with Crippen LogP contribution in [0.5, 0.6) is 0 Å². The summed E-state index contributed by atoms with van der Waals surface area (Å²) in [6, 6.07) is 4.68. The van der Waals surface area contributed by atoms with Gasteiger partial charge < -0.3 is 9.15 Å². The molecule has 1 heterocycles. The van der Waals surface area contributed by atoms with Crippen LogP contribution in [0, 0.1) is 5.41 Å². The first-order valence-corrected chi connectivity index (χ1v) is 6.81. The number of benzene rings is 1. The predicted octanol–water partition coefficient (Wildman–Crippen LogP) is 3.77. The molecular formula is C16H20FNO3. The number of halogens is 1. The standard InChI is InChI=1S/C16H20FNO3/c1-15(2,3)9-13-18-11-8-10(6-7-12(11)21-13)16(4,17)14(19)20-5/h6-8H,9H2,1-5H3. The molecule has 0 aliphatic heterocycles. The number of esters is 1. The Hall–Kier alpha value is -1.91.